The van der Waals surface area contributed by atoms with Gasteiger partial charge in [-0.3, -0.25) is 10.1 Å². The number of hydrogen-bond acceptors (Lipinski definition) is 3. The molecular weight excluding hydrogens is 189 g/mol. The molecule has 0 aliphatic heterocycles. The molecule has 74 valence electrons. The number of nitrogens with zero attached hydrogens (tertiary/aromatic N) is 1. The van der Waals surface area contributed by atoms with Crippen LogP contribution >= 0.6 is 0 Å². The Hall–Kier alpha value is -1.78. The van der Waals surface area contributed by atoms with E-state index in [-0.39, 0.29) is 11.3 Å². The second-order valence-electron chi connectivity index (χ2n) is 2.89. The van der Waals surface area contributed by atoms with Crippen molar-refractivity contribution in [3.63, 3.8) is 0 Å². The molecule has 1 aromatic rings. The fourth-order valence-electron chi connectivity index (χ4n) is 1.07. The molecule has 1 aromatic carbocycles. The van der Waals surface area contributed by atoms with Gasteiger partial charge in [-0.25, -0.2) is 4.39 Å². The van der Waals surface area contributed by atoms with Gasteiger partial charge in [-0.1, -0.05) is 6.92 Å². The van der Waals surface area contributed by atoms with Crippen LogP contribution in [-0.4, -0.2) is 11.2 Å². The summed E-state index contributed by atoms with van der Waals surface area (Å²) in [7, 11) is 0. The number of nitro benzene ring substituents is 1. The zero-order valence-corrected chi connectivity index (χ0v) is 7.44. The van der Waals surface area contributed by atoms with Gasteiger partial charge in [-0.2, -0.15) is 0 Å². The third-order valence-electron chi connectivity index (χ3n) is 1.89. The number of nitro groups is 1. The monoisotopic (exact) mass is 197 g/mol. The molecule has 0 aliphatic rings. The maximum atomic E-state index is 13.1. The topological polar surface area (TPSA) is 60.2 Å². The highest BCUT2D eigenvalue weighted by Crippen LogP contribution is 2.22. The first-order valence-electron chi connectivity index (χ1n) is 3.95. The highest BCUT2D eigenvalue weighted by atomic mass is 19.1. The Bertz CT molecular complexity index is 378. The lowest BCUT2D eigenvalue weighted by Crippen LogP contribution is -2.00. The minimum atomic E-state index is -0.671. The molecule has 0 N–H and O–H groups in total. The second-order valence-corrected chi connectivity index (χ2v) is 2.89. The summed E-state index contributed by atoms with van der Waals surface area (Å²) in [6.07, 6.45) is 0.544. The molecule has 0 amide bonds. The normalized spacial score (nSPS) is 12.1. The Morgan fingerprint density at radius 2 is 2.21 bits per heavy atom. The SMILES string of the molecule is CC(C=O)c1cc([N+](=O)[O-])ccc1F. The van der Waals surface area contributed by atoms with Gasteiger partial charge in [0.25, 0.3) is 5.69 Å². The molecule has 0 radical (unpaired) electrons. The third-order valence-corrected chi connectivity index (χ3v) is 1.89. The van der Waals surface area contributed by atoms with E-state index in [0.29, 0.717) is 6.29 Å². The largest absolute Gasteiger partial charge is 0.303 e. The fraction of sp³-hybridized carbons (Fsp3) is 0.222. The number of non-ortho nitro benzene ring substituents is 1. The molecular formula is C9H8FNO3. The number of carbonyl (C=O) groups is 1. The van der Waals surface area contributed by atoms with E-state index in [1.807, 2.05) is 0 Å². The van der Waals surface area contributed by atoms with E-state index in [9.17, 15) is 19.3 Å². The molecule has 0 fully saturated rings. The Morgan fingerprint density at radius 3 is 2.71 bits per heavy atom. The van der Waals surface area contributed by atoms with Crippen LogP contribution < -0.4 is 0 Å². The van der Waals surface area contributed by atoms with Crippen molar-refractivity contribution in [2.45, 2.75) is 12.8 Å². The lowest BCUT2D eigenvalue weighted by molar-refractivity contribution is -0.385. The predicted molar refractivity (Wildman–Crippen MR) is 47.5 cm³/mol. The molecule has 1 rings (SSSR count). The van der Waals surface area contributed by atoms with Gasteiger partial charge in [0.1, 0.15) is 12.1 Å². The van der Waals surface area contributed by atoms with Gasteiger partial charge in [0, 0.05) is 23.6 Å². The Balaban J connectivity index is 3.20. The highest BCUT2D eigenvalue weighted by molar-refractivity contribution is 5.62. The first-order valence-corrected chi connectivity index (χ1v) is 3.95. The van der Waals surface area contributed by atoms with Crippen LogP contribution in [0.1, 0.15) is 18.4 Å². The van der Waals surface area contributed by atoms with Crippen LogP contribution in [0.3, 0.4) is 0 Å². The van der Waals surface area contributed by atoms with Crippen molar-refractivity contribution in [1.29, 1.82) is 0 Å². The van der Waals surface area contributed by atoms with Gasteiger partial charge in [-0.05, 0) is 6.07 Å². The Kier molecular flexibility index (Phi) is 2.91. The lowest BCUT2D eigenvalue weighted by Gasteiger charge is -2.04. The van der Waals surface area contributed by atoms with Gasteiger partial charge in [-0.15, -0.1) is 0 Å². The van der Waals surface area contributed by atoms with Crippen LogP contribution in [0.2, 0.25) is 0 Å². The minimum Gasteiger partial charge on any atom is -0.303 e. The van der Waals surface area contributed by atoms with E-state index >= 15 is 0 Å². The molecule has 14 heavy (non-hydrogen) atoms. The number of benzene rings is 1. The second kappa shape index (κ2) is 3.95. The number of rotatable bonds is 3. The van der Waals surface area contributed by atoms with E-state index in [2.05, 4.69) is 0 Å². The van der Waals surface area contributed by atoms with Crippen LogP contribution in [0, 0.1) is 15.9 Å². The average molecular weight is 197 g/mol. The Labute approximate surface area is 79.5 Å². The molecule has 0 bridgehead atoms. The van der Waals surface area contributed by atoms with Gasteiger partial charge >= 0.3 is 0 Å². The number of aldehydes is 1. The fourth-order valence-corrected chi connectivity index (χ4v) is 1.07. The summed E-state index contributed by atoms with van der Waals surface area (Å²) in [6, 6.07) is 3.14. The molecule has 0 saturated heterocycles. The minimum absolute atomic E-state index is 0.0502. The van der Waals surface area contributed by atoms with Gasteiger partial charge < -0.3 is 4.79 Å². The summed E-state index contributed by atoms with van der Waals surface area (Å²) < 4.78 is 13.1. The summed E-state index contributed by atoms with van der Waals surface area (Å²) in [5.74, 6) is -1.27. The molecule has 1 atom stereocenters. The van der Waals surface area contributed by atoms with Crippen molar-refractivity contribution in [2.24, 2.45) is 0 Å². The van der Waals surface area contributed by atoms with Gasteiger partial charge in [0.2, 0.25) is 0 Å². The van der Waals surface area contributed by atoms with Crippen molar-refractivity contribution in [3.8, 4) is 0 Å². The zero-order valence-electron chi connectivity index (χ0n) is 7.44. The summed E-state index contributed by atoms with van der Waals surface area (Å²) in [4.78, 5) is 20.1. The summed E-state index contributed by atoms with van der Waals surface area (Å²) in [5.41, 5.74) is -0.163. The van der Waals surface area contributed by atoms with Gasteiger partial charge in [0.15, 0.2) is 0 Å². The summed E-state index contributed by atoms with van der Waals surface area (Å²) >= 11 is 0. The van der Waals surface area contributed by atoms with Crippen LogP contribution in [0.25, 0.3) is 0 Å². The van der Waals surface area contributed by atoms with E-state index in [0.717, 1.165) is 18.2 Å². The van der Waals surface area contributed by atoms with E-state index < -0.39 is 16.7 Å². The van der Waals surface area contributed by atoms with Crippen molar-refractivity contribution >= 4 is 12.0 Å². The number of halogens is 1. The summed E-state index contributed by atoms with van der Waals surface area (Å²) in [5, 5.41) is 10.4. The molecule has 4 nitrogen and oxygen atoms in total. The molecule has 0 saturated carbocycles. The molecule has 0 aliphatic carbocycles. The van der Waals surface area contributed by atoms with Crippen LogP contribution in [0.5, 0.6) is 0 Å². The number of hydrogen-bond donors (Lipinski definition) is 0. The lowest BCUT2D eigenvalue weighted by atomic mass is 10.0. The van der Waals surface area contributed by atoms with Crippen molar-refractivity contribution in [1.82, 2.24) is 0 Å². The predicted octanol–water partition coefficient (Wildman–Crippen LogP) is 2.04. The number of carbonyl (C=O) groups excluding carboxylic acids is 1. The average Bonchev–Trinajstić information content (AvgIpc) is 2.17. The summed E-state index contributed by atoms with van der Waals surface area (Å²) in [6.45, 7) is 1.48. The molecule has 0 aromatic heterocycles. The van der Waals surface area contributed by atoms with Crippen molar-refractivity contribution in [2.75, 3.05) is 0 Å². The Morgan fingerprint density at radius 1 is 1.57 bits per heavy atom. The third kappa shape index (κ3) is 1.93. The smallest absolute Gasteiger partial charge is 0.269 e. The quantitative estimate of drug-likeness (QED) is 0.423. The van der Waals surface area contributed by atoms with Crippen molar-refractivity contribution in [3.05, 3.63) is 39.7 Å². The first kappa shape index (κ1) is 10.3. The molecule has 0 heterocycles. The maximum Gasteiger partial charge on any atom is 0.269 e. The maximum absolute atomic E-state index is 13.1. The van der Waals surface area contributed by atoms with Crippen LogP contribution in [0.4, 0.5) is 10.1 Å². The molecule has 0 spiro atoms. The highest BCUT2D eigenvalue weighted by Gasteiger charge is 2.14. The first-order chi connectivity index (χ1) is 6.56. The van der Waals surface area contributed by atoms with Crippen molar-refractivity contribution < 1.29 is 14.1 Å². The van der Waals surface area contributed by atoms with Crippen LogP contribution in [0.15, 0.2) is 18.2 Å². The molecule has 5 heteroatoms. The van der Waals surface area contributed by atoms with Crippen LogP contribution in [-0.2, 0) is 4.79 Å². The zero-order chi connectivity index (χ0) is 10.7. The standard InChI is InChI=1S/C9H8FNO3/c1-6(5-12)8-4-7(11(13)14)2-3-9(8)10/h2-6H,1H3. The van der Waals surface area contributed by atoms with E-state index in [1.54, 1.807) is 0 Å². The van der Waals surface area contributed by atoms with Gasteiger partial charge in [0.05, 0.1) is 4.92 Å². The van der Waals surface area contributed by atoms with E-state index in [1.165, 1.54) is 6.92 Å². The molecule has 1 unspecified atom stereocenters. The van der Waals surface area contributed by atoms with E-state index in [4.69, 9.17) is 0 Å².